The second-order valence-corrected chi connectivity index (χ2v) is 7.56. The van der Waals surface area contributed by atoms with Crippen LogP contribution in [0.2, 0.25) is 0 Å². The highest BCUT2D eigenvalue weighted by atomic mass is 19.1. The minimum atomic E-state index is -0.568. The summed E-state index contributed by atoms with van der Waals surface area (Å²) in [7, 11) is 0. The molecule has 30 heavy (non-hydrogen) atoms. The van der Waals surface area contributed by atoms with Crippen LogP contribution in [0, 0.1) is 5.82 Å². The molecule has 0 aliphatic heterocycles. The first-order valence-electron chi connectivity index (χ1n) is 9.85. The average Bonchev–Trinajstić information content (AvgIpc) is 3.46. The second kappa shape index (κ2) is 7.30. The Kier molecular flexibility index (Phi) is 4.47. The van der Waals surface area contributed by atoms with Gasteiger partial charge in [-0.05, 0) is 54.8 Å². The Morgan fingerprint density at radius 3 is 2.70 bits per heavy atom. The summed E-state index contributed by atoms with van der Waals surface area (Å²) in [4.78, 5) is 17.4. The van der Waals surface area contributed by atoms with Gasteiger partial charge in [-0.25, -0.2) is 9.37 Å². The molecule has 0 bridgehead atoms. The van der Waals surface area contributed by atoms with Crippen molar-refractivity contribution in [2.75, 3.05) is 5.32 Å². The van der Waals surface area contributed by atoms with Gasteiger partial charge in [-0.2, -0.15) is 0 Å². The second-order valence-electron chi connectivity index (χ2n) is 7.56. The lowest BCUT2D eigenvalue weighted by Gasteiger charge is -2.16. The van der Waals surface area contributed by atoms with E-state index in [1.54, 1.807) is 18.2 Å². The average molecular weight is 401 g/mol. The fraction of sp³-hybridized carbons (Fsp3) is 0.167. The summed E-state index contributed by atoms with van der Waals surface area (Å²) in [6.45, 7) is 0.332. The van der Waals surface area contributed by atoms with Crippen molar-refractivity contribution < 1.29 is 13.9 Å². The Morgan fingerprint density at radius 2 is 1.93 bits per heavy atom. The van der Waals surface area contributed by atoms with E-state index in [1.807, 2.05) is 53.2 Å². The summed E-state index contributed by atoms with van der Waals surface area (Å²) < 4.78 is 21.0. The van der Waals surface area contributed by atoms with Gasteiger partial charge in [0.1, 0.15) is 23.8 Å². The topological polar surface area (TPSA) is 55.6 Å². The Bertz CT molecular complexity index is 1180. The lowest BCUT2D eigenvalue weighted by Crippen LogP contribution is -2.27. The third kappa shape index (κ3) is 3.52. The van der Waals surface area contributed by atoms with Crippen LogP contribution in [0.15, 0.2) is 79.1 Å². The van der Waals surface area contributed by atoms with Crippen molar-refractivity contribution in [1.82, 2.24) is 9.38 Å². The van der Waals surface area contributed by atoms with Gasteiger partial charge < -0.3 is 14.5 Å². The zero-order valence-electron chi connectivity index (χ0n) is 16.2. The smallest absolute Gasteiger partial charge is 0.235 e. The fourth-order valence-electron chi connectivity index (χ4n) is 3.67. The molecule has 1 aliphatic carbocycles. The predicted molar refractivity (Wildman–Crippen MR) is 112 cm³/mol. The molecule has 0 radical (unpaired) electrons. The number of carbonyl (C=O) groups excluding carboxylic acids is 1. The number of imidazole rings is 1. The van der Waals surface area contributed by atoms with Gasteiger partial charge in [0.2, 0.25) is 5.91 Å². The van der Waals surface area contributed by atoms with E-state index in [2.05, 4.69) is 10.3 Å². The highest BCUT2D eigenvalue weighted by Gasteiger charge is 2.51. The molecule has 1 aliphatic rings. The number of hydrogen-bond donors (Lipinski definition) is 1. The summed E-state index contributed by atoms with van der Waals surface area (Å²) in [5.74, 6) is 0.272. The van der Waals surface area contributed by atoms with E-state index < -0.39 is 5.41 Å². The van der Waals surface area contributed by atoms with Gasteiger partial charge >= 0.3 is 0 Å². The van der Waals surface area contributed by atoms with E-state index >= 15 is 0 Å². The minimum absolute atomic E-state index is 0.0772. The molecule has 0 spiro atoms. The van der Waals surface area contributed by atoms with E-state index in [0.717, 1.165) is 29.7 Å². The van der Waals surface area contributed by atoms with Crippen molar-refractivity contribution in [3.8, 4) is 5.75 Å². The summed E-state index contributed by atoms with van der Waals surface area (Å²) in [6, 6.07) is 19.3. The van der Waals surface area contributed by atoms with Crippen molar-refractivity contribution in [2.24, 2.45) is 0 Å². The number of benzene rings is 2. The van der Waals surface area contributed by atoms with Crippen LogP contribution in [-0.2, 0) is 16.8 Å². The maximum absolute atomic E-state index is 13.2. The minimum Gasteiger partial charge on any atom is -0.487 e. The molecule has 1 saturated carbocycles. The van der Waals surface area contributed by atoms with Gasteiger partial charge in [-0.1, -0.05) is 24.3 Å². The van der Waals surface area contributed by atoms with E-state index in [1.165, 1.54) is 12.1 Å². The molecule has 0 saturated heterocycles. The van der Waals surface area contributed by atoms with Gasteiger partial charge in [0.25, 0.3) is 0 Å². The first-order valence-corrected chi connectivity index (χ1v) is 9.85. The lowest BCUT2D eigenvalue weighted by atomic mass is 9.95. The molecule has 2 heterocycles. The number of nitrogens with one attached hydrogen (secondary N) is 1. The predicted octanol–water partition coefficient (Wildman–Crippen LogP) is 4.72. The normalized spacial score (nSPS) is 14.4. The number of amides is 1. The quantitative estimate of drug-likeness (QED) is 0.509. The monoisotopic (exact) mass is 401 g/mol. The summed E-state index contributed by atoms with van der Waals surface area (Å²) in [5, 5.41) is 2.99. The fourth-order valence-corrected chi connectivity index (χ4v) is 3.67. The summed E-state index contributed by atoms with van der Waals surface area (Å²) in [5.41, 5.74) is 2.64. The molecule has 2 aromatic carbocycles. The van der Waals surface area contributed by atoms with Gasteiger partial charge in [-0.3, -0.25) is 4.79 Å². The third-order valence-electron chi connectivity index (χ3n) is 5.47. The molecule has 0 unspecified atom stereocenters. The molecule has 1 N–H and O–H groups in total. The number of rotatable bonds is 6. The number of anilines is 1. The zero-order valence-corrected chi connectivity index (χ0v) is 16.2. The highest BCUT2D eigenvalue weighted by molar-refractivity contribution is 6.01. The van der Waals surface area contributed by atoms with Crippen LogP contribution in [-0.4, -0.2) is 15.3 Å². The molecule has 5 nitrogen and oxygen atoms in total. The van der Waals surface area contributed by atoms with Crippen molar-refractivity contribution in [2.45, 2.75) is 24.9 Å². The SMILES string of the molecule is O=C(Nc1cccc(OCc2cn3ccccc3n2)c1)C1(c2ccc(F)cc2)CC1. The molecule has 4 aromatic rings. The molecule has 6 heteroatoms. The number of ether oxygens (including phenoxy) is 1. The maximum Gasteiger partial charge on any atom is 0.235 e. The first kappa shape index (κ1) is 18.4. The van der Waals surface area contributed by atoms with Gasteiger partial charge in [0.15, 0.2) is 0 Å². The van der Waals surface area contributed by atoms with Crippen LogP contribution in [0.5, 0.6) is 5.75 Å². The van der Waals surface area contributed by atoms with Crippen LogP contribution in [0.25, 0.3) is 5.65 Å². The molecule has 2 aromatic heterocycles. The highest BCUT2D eigenvalue weighted by Crippen LogP contribution is 2.49. The Balaban J connectivity index is 1.26. The van der Waals surface area contributed by atoms with Crippen molar-refractivity contribution >= 4 is 17.2 Å². The maximum atomic E-state index is 13.2. The lowest BCUT2D eigenvalue weighted by molar-refractivity contribution is -0.118. The van der Waals surface area contributed by atoms with Crippen LogP contribution >= 0.6 is 0 Å². The standard InChI is InChI=1S/C24H20FN3O2/c25-18-9-7-17(8-10-18)24(11-12-24)23(29)27-19-4-3-5-21(14-19)30-16-20-15-28-13-2-1-6-22(28)26-20/h1-10,13-15H,11-12,16H2,(H,27,29). The Morgan fingerprint density at radius 1 is 1.10 bits per heavy atom. The van der Waals surface area contributed by atoms with Crippen LogP contribution in [0.1, 0.15) is 24.1 Å². The van der Waals surface area contributed by atoms with Gasteiger partial charge in [-0.15, -0.1) is 0 Å². The number of halogens is 1. The Hall–Kier alpha value is -3.67. The summed E-state index contributed by atoms with van der Waals surface area (Å²) in [6.07, 6.45) is 5.39. The van der Waals surface area contributed by atoms with Crippen LogP contribution in [0.3, 0.4) is 0 Å². The van der Waals surface area contributed by atoms with Crippen molar-refractivity contribution in [3.05, 3.63) is 96.2 Å². The molecular formula is C24H20FN3O2. The van der Waals surface area contributed by atoms with E-state index in [-0.39, 0.29) is 11.7 Å². The van der Waals surface area contributed by atoms with E-state index in [4.69, 9.17) is 4.74 Å². The molecule has 5 rings (SSSR count). The van der Waals surface area contributed by atoms with Crippen LogP contribution in [0.4, 0.5) is 10.1 Å². The third-order valence-corrected chi connectivity index (χ3v) is 5.47. The van der Waals surface area contributed by atoms with Crippen molar-refractivity contribution in [1.29, 1.82) is 0 Å². The van der Waals surface area contributed by atoms with E-state index in [9.17, 15) is 9.18 Å². The largest absolute Gasteiger partial charge is 0.487 e. The number of aromatic nitrogens is 2. The number of nitrogens with zero attached hydrogens (tertiary/aromatic N) is 2. The number of pyridine rings is 1. The molecular weight excluding hydrogens is 381 g/mol. The van der Waals surface area contributed by atoms with Gasteiger partial charge in [0, 0.05) is 24.1 Å². The summed E-state index contributed by atoms with van der Waals surface area (Å²) >= 11 is 0. The number of carbonyl (C=O) groups is 1. The number of fused-ring (bicyclic) bond motifs is 1. The van der Waals surface area contributed by atoms with Crippen molar-refractivity contribution in [3.63, 3.8) is 0 Å². The molecule has 0 atom stereocenters. The molecule has 1 fully saturated rings. The Labute approximate surface area is 173 Å². The zero-order chi connectivity index (χ0) is 20.6. The number of hydrogen-bond acceptors (Lipinski definition) is 3. The first-order chi connectivity index (χ1) is 14.6. The van der Waals surface area contributed by atoms with Gasteiger partial charge in [0.05, 0.1) is 11.1 Å². The molecule has 150 valence electrons. The molecule has 1 amide bonds. The van der Waals surface area contributed by atoms with E-state index in [0.29, 0.717) is 18.0 Å². The van der Waals surface area contributed by atoms with Crippen LogP contribution < -0.4 is 10.1 Å².